The van der Waals surface area contributed by atoms with Crippen molar-refractivity contribution in [3.05, 3.63) is 69.7 Å². The number of hydrogen-bond donors (Lipinski definition) is 2. The maximum absolute atomic E-state index is 13.6. The van der Waals surface area contributed by atoms with E-state index in [0.717, 1.165) is 27.8 Å². The number of benzene rings is 2. The number of thiophene rings is 1. The largest absolute Gasteiger partial charge is 0.497 e. The minimum absolute atomic E-state index is 0.269. The highest BCUT2D eigenvalue weighted by atomic mass is 32.1. The Kier molecular flexibility index (Phi) is 5.23. The molecule has 2 aromatic carbocycles. The SMILES string of the molecule is COc1ccc(-c2cc(C(=O)Nc3ccc(F)c(C(N)=O)c3)sc2C)cc1. The van der Waals surface area contributed by atoms with E-state index in [1.165, 1.54) is 23.5 Å². The zero-order valence-corrected chi connectivity index (χ0v) is 15.5. The second-order valence-corrected chi connectivity index (χ2v) is 7.08. The topological polar surface area (TPSA) is 81.4 Å². The molecule has 1 heterocycles. The quantitative estimate of drug-likeness (QED) is 0.691. The number of nitrogens with one attached hydrogen (secondary N) is 1. The first-order valence-corrected chi connectivity index (χ1v) is 8.86. The van der Waals surface area contributed by atoms with Gasteiger partial charge in [-0.1, -0.05) is 12.1 Å². The van der Waals surface area contributed by atoms with Crippen molar-refractivity contribution in [2.75, 3.05) is 12.4 Å². The molecule has 0 fully saturated rings. The molecule has 1 aromatic heterocycles. The number of ether oxygens (including phenoxy) is 1. The number of rotatable bonds is 5. The monoisotopic (exact) mass is 384 g/mol. The summed E-state index contributed by atoms with van der Waals surface area (Å²) in [5.74, 6) is -1.21. The van der Waals surface area contributed by atoms with Gasteiger partial charge >= 0.3 is 0 Å². The van der Waals surface area contributed by atoms with E-state index in [4.69, 9.17) is 10.5 Å². The lowest BCUT2D eigenvalue weighted by Gasteiger charge is -2.06. The molecule has 3 N–H and O–H groups in total. The van der Waals surface area contributed by atoms with Crippen LogP contribution in [0.4, 0.5) is 10.1 Å². The number of primary amides is 1. The number of methoxy groups -OCH3 is 1. The van der Waals surface area contributed by atoms with Crippen LogP contribution in [0.25, 0.3) is 11.1 Å². The summed E-state index contributed by atoms with van der Waals surface area (Å²) in [6.07, 6.45) is 0. The van der Waals surface area contributed by atoms with Crippen molar-refractivity contribution in [2.45, 2.75) is 6.92 Å². The van der Waals surface area contributed by atoms with Gasteiger partial charge in [-0.15, -0.1) is 11.3 Å². The fourth-order valence-corrected chi connectivity index (χ4v) is 3.57. The van der Waals surface area contributed by atoms with E-state index in [1.54, 1.807) is 13.2 Å². The van der Waals surface area contributed by atoms with E-state index in [2.05, 4.69) is 5.32 Å². The molecule has 7 heteroatoms. The molecule has 0 aliphatic heterocycles. The van der Waals surface area contributed by atoms with Crippen LogP contribution in [0.5, 0.6) is 5.75 Å². The van der Waals surface area contributed by atoms with E-state index in [1.807, 2.05) is 31.2 Å². The molecule has 3 rings (SSSR count). The van der Waals surface area contributed by atoms with E-state index in [9.17, 15) is 14.0 Å². The molecule has 0 unspecified atom stereocenters. The van der Waals surface area contributed by atoms with E-state index in [0.29, 0.717) is 10.6 Å². The molecule has 0 aliphatic carbocycles. The van der Waals surface area contributed by atoms with Crippen LogP contribution in [0.15, 0.2) is 48.5 Å². The van der Waals surface area contributed by atoms with Crippen molar-refractivity contribution in [1.82, 2.24) is 0 Å². The van der Waals surface area contributed by atoms with Gasteiger partial charge in [-0.3, -0.25) is 9.59 Å². The molecule has 2 amide bonds. The molecule has 5 nitrogen and oxygen atoms in total. The molecule has 0 atom stereocenters. The number of aryl methyl sites for hydroxylation is 1. The zero-order chi connectivity index (χ0) is 19.6. The molecule has 0 spiro atoms. The number of nitrogens with two attached hydrogens (primary N) is 1. The highest BCUT2D eigenvalue weighted by Gasteiger charge is 2.15. The summed E-state index contributed by atoms with van der Waals surface area (Å²) < 4.78 is 18.7. The maximum Gasteiger partial charge on any atom is 0.265 e. The zero-order valence-electron chi connectivity index (χ0n) is 14.7. The first-order valence-electron chi connectivity index (χ1n) is 8.04. The molecule has 0 saturated heterocycles. The van der Waals surface area contributed by atoms with Gasteiger partial charge < -0.3 is 15.8 Å². The molecule has 3 aromatic rings. The van der Waals surface area contributed by atoms with Gasteiger partial charge in [0.05, 0.1) is 17.6 Å². The van der Waals surface area contributed by atoms with Crippen LogP contribution in [0, 0.1) is 12.7 Å². The Morgan fingerprint density at radius 3 is 2.44 bits per heavy atom. The number of halogens is 1. The predicted octanol–water partition coefficient (Wildman–Crippen LogP) is 4.22. The smallest absolute Gasteiger partial charge is 0.265 e. The van der Waals surface area contributed by atoms with Crippen LogP contribution in [-0.4, -0.2) is 18.9 Å². The molecule has 0 radical (unpaired) electrons. The van der Waals surface area contributed by atoms with Crippen molar-refractivity contribution in [3.8, 4) is 16.9 Å². The summed E-state index contributed by atoms with van der Waals surface area (Å²) >= 11 is 1.35. The highest BCUT2D eigenvalue weighted by molar-refractivity contribution is 7.14. The first-order chi connectivity index (χ1) is 12.9. The van der Waals surface area contributed by atoms with Gasteiger partial charge in [0.25, 0.3) is 11.8 Å². The van der Waals surface area contributed by atoms with E-state index in [-0.39, 0.29) is 11.5 Å². The summed E-state index contributed by atoms with van der Waals surface area (Å²) in [7, 11) is 1.60. The third kappa shape index (κ3) is 3.98. The summed E-state index contributed by atoms with van der Waals surface area (Å²) in [5, 5.41) is 2.67. The summed E-state index contributed by atoms with van der Waals surface area (Å²) in [4.78, 5) is 25.3. The maximum atomic E-state index is 13.6. The molecule has 0 aliphatic rings. The summed E-state index contributed by atoms with van der Waals surface area (Å²) in [5.41, 5.74) is 7.09. The van der Waals surface area contributed by atoms with Crippen LogP contribution in [0.1, 0.15) is 24.9 Å². The molecule has 0 saturated carbocycles. The number of carbonyl (C=O) groups is 2. The van der Waals surface area contributed by atoms with E-state index < -0.39 is 11.7 Å². The molecule has 27 heavy (non-hydrogen) atoms. The highest BCUT2D eigenvalue weighted by Crippen LogP contribution is 2.32. The first kappa shape index (κ1) is 18.6. The molecule has 138 valence electrons. The Morgan fingerprint density at radius 2 is 1.81 bits per heavy atom. The average molecular weight is 384 g/mol. The fourth-order valence-electron chi connectivity index (χ4n) is 2.64. The Morgan fingerprint density at radius 1 is 1.11 bits per heavy atom. The summed E-state index contributed by atoms with van der Waals surface area (Å²) in [6.45, 7) is 1.93. The van der Waals surface area contributed by atoms with Crippen molar-refractivity contribution in [1.29, 1.82) is 0 Å². The van der Waals surface area contributed by atoms with Crippen LogP contribution < -0.4 is 15.8 Å². The van der Waals surface area contributed by atoms with Crippen LogP contribution in [-0.2, 0) is 0 Å². The molecular formula is C20H17FN2O3S. The second kappa shape index (κ2) is 7.59. The van der Waals surface area contributed by atoms with Crippen molar-refractivity contribution in [2.24, 2.45) is 5.73 Å². The van der Waals surface area contributed by atoms with Crippen molar-refractivity contribution < 1.29 is 18.7 Å². The van der Waals surface area contributed by atoms with Gasteiger partial charge in [-0.05, 0) is 54.4 Å². The van der Waals surface area contributed by atoms with Crippen LogP contribution >= 0.6 is 11.3 Å². The molecular weight excluding hydrogens is 367 g/mol. The minimum Gasteiger partial charge on any atom is -0.497 e. The minimum atomic E-state index is -0.891. The van der Waals surface area contributed by atoms with E-state index >= 15 is 0 Å². The number of anilines is 1. The lowest BCUT2D eigenvalue weighted by Crippen LogP contribution is -2.15. The fraction of sp³-hybridized carbons (Fsp3) is 0.100. The number of amides is 2. The van der Waals surface area contributed by atoms with Crippen LogP contribution in [0.2, 0.25) is 0 Å². The standard InChI is InChI=1S/C20H17FN2O3S/c1-11-15(12-3-6-14(26-2)7-4-12)10-18(27-11)20(25)23-13-5-8-17(21)16(9-13)19(22)24/h3-10H,1-2H3,(H2,22,24)(H,23,25). The average Bonchev–Trinajstić information content (AvgIpc) is 3.05. The number of hydrogen-bond acceptors (Lipinski definition) is 4. The van der Waals surface area contributed by atoms with Gasteiger partial charge in [0.15, 0.2) is 0 Å². The summed E-state index contributed by atoms with van der Waals surface area (Å²) in [6, 6.07) is 13.1. The Bertz CT molecular complexity index is 1010. The predicted molar refractivity (Wildman–Crippen MR) is 104 cm³/mol. The third-order valence-electron chi connectivity index (χ3n) is 4.03. The Hall–Kier alpha value is -3.19. The van der Waals surface area contributed by atoms with Gasteiger partial charge in [0.1, 0.15) is 11.6 Å². The van der Waals surface area contributed by atoms with Crippen molar-refractivity contribution >= 4 is 28.8 Å². The normalized spacial score (nSPS) is 10.5. The van der Waals surface area contributed by atoms with Gasteiger partial charge in [-0.25, -0.2) is 4.39 Å². The third-order valence-corrected chi connectivity index (χ3v) is 5.08. The number of carbonyl (C=O) groups excluding carboxylic acids is 2. The Balaban J connectivity index is 1.84. The van der Waals surface area contributed by atoms with Gasteiger partial charge in [0, 0.05) is 10.6 Å². The molecule has 0 bridgehead atoms. The lowest BCUT2D eigenvalue weighted by molar-refractivity contribution is 0.0993. The van der Waals surface area contributed by atoms with Crippen molar-refractivity contribution in [3.63, 3.8) is 0 Å². The lowest BCUT2D eigenvalue weighted by atomic mass is 10.1. The van der Waals surface area contributed by atoms with Gasteiger partial charge in [0.2, 0.25) is 0 Å². The van der Waals surface area contributed by atoms with Gasteiger partial charge in [-0.2, -0.15) is 0 Å². The van der Waals surface area contributed by atoms with Crippen LogP contribution in [0.3, 0.4) is 0 Å². The Labute approximate surface area is 159 Å². The second-order valence-electron chi connectivity index (χ2n) is 5.82.